The number of rotatable bonds is 5. The van der Waals surface area contributed by atoms with Crippen LogP contribution in [-0.2, 0) is 17.7 Å². The van der Waals surface area contributed by atoms with Gasteiger partial charge in [-0.2, -0.15) is 0 Å². The monoisotopic (exact) mass is 392 g/mol. The number of nitrogens with zero attached hydrogens (tertiary/aromatic N) is 3. The molecular formula is C23H28N4O2. The molecule has 0 aliphatic carbocycles. The molecule has 1 amide bonds. The normalized spacial score (nSPS) is 14.4. The summed E-state index contributed by atoms with van der Waals surface area (Å²) < 4.78 is 7.48. The average molecular weight is 393 g/mol. The molecule has 0 radical (unpaired) electrons. The second-order valence-corrected chi connectivity index (χ2v) is 7.38. The lowest BCUT2D eigenvalue weighted by molar-refractivity contribution is 0.101. The van der Waals surface area contributed by atoms with E-state index in [1.807, 2.05) is 19.1 Å². The molecule has 0 unspecified atom stereocenters. The number of hydrogen-bond acceptors (Lipinski definition) is 4. The number of fused-ring (bicyclic) bond motifs is 1. The molecule has 1 aliphatic heterocycles. The number of pyridine rings is 1. The van der Waals surface area contributed by atoms with Gasteiger partial charge in [0, 0.05) is 30.5 Å². The van der Waals surface area contributed by atoms with E-state index in [0.29, 0.717) is 11.4 Å². The topological polar surface area (TPSA) is 59.4 Å². The van der Waals surface area contributed by atoms with Crippen molar-refractivity contribution >= 4 is 28.3 Å². The van der Waals surface area contributed by atoms with Crippen LogP contribution in [0.5, 0.6) is 0 Å². The number of amides is 1. The second-order valence-electron chi connectivity index (χ2n) is 7.38. The van der Waals surface area contributed by atoms with Gasteiger partial charge in [-0.1, -0.05) is 13.0 Å². The van der Waals surface area contributed by atoms with Gasteiger partial charge in [0.15, 0.2) is 0 Å². The van der Waals surface area contributed by atoms with E-state index >= 15 is 0 Å². The minimum absolute atomic E-state index is 0.0977. The van der Waals surface area contributed by atoms with E-state index < -0.39 is 0 Å². The largest absolute Gasteiger partial charge is 0.378 e. The Labute approximate surface area is 171 Å². The van der Waals surface area contributed by atoms with Crippen molar-refractivity contribution in [2.24, 2.45) is 0 Å². The number of hydrogen-bond donors (Lipinski definition) is 1. The lowest BCUT2D eigenvalue weighted by Crippen LogP contribution is -2.36. The standard InChI is InChI=1S/C23H28N4O2/c1-4-17-6-8-20-19(14-17)16(3)22(27(20)5-2)23(28)25-18-7-9-21(24-15-18)26-10-12-29-13-11-26/h6-9,14-15H,4-5,10-13H2,1-3H3,(H,25,28). The molecule has 3 heterocycles. The van der Waals surface area contributed by atoms with Gasteiger partial charge in [0.2, 0.25) is 0 Å². The molecule has 152 valence electrons. The fourth-order valence-corrected chi connectivity index (χ4v) is 4.04. The van der Waals surface area contributed by atoms with E-state index in [-0.39, 0.29) is 5.91 Å². The molecule has 2 aromatic heterocycles. The van der Waals surface area contributed by atoms with E-state index in [0.717, 1.165) is 61.6 Å². The molecular weight excluding hydrogens is 364 g/mol. The number of aryl methyl sites for hydroxylation is 3. The maximum absolute atomic E-state index is 13.1. The number of carbonyl (C=O) groups excluding carboxylic acids is 1. The molecule has 0 atom stereocenters. The minimum atomic E-state index is -0.0977. The fourth-order valence-electron chi connectivity index (χ4n) is 4.04. The highest BCUT2D eigenvalue weighted by Gasteiger charge is 2.20. The van der Waals surface area contributed by atoms with Crippen LogP contribution in [-0.4, -0.2) is 41.8 Å². The summed E-state index contributed by atoms with van der Waals surface area (Å²) in [6.45, 7) is 10.1. The number of aromatic nitrogens is 2. The molecule has 29 heavy (non-hydrogen) atoms. The van der Waals surface area contributed by atoms with Crippen molar-refractivity contribution in [1.29, 1.82) is 0 Å². The highest BCUT2D eigenvalue weighted by atomic mass is 16.5. The van der Waals surface area contributed by atoms with Gasteiger partial charge in [0.1, 0.15) is 11.5 Å². The maximum atomic E-state index is 13.1. The first-order valence-electron chi connectivity index (χ1n) is 10.3. The molecule has 6 nitrogen and oxygen atoms in total. The summed E-state index contributed by atoms with van der Waals surface area (Å²) in [6, 6.07) is 10.3. The Bertz CT molecular complexity index is 1020. The lowest BCUT2D eigenvalue weighted by atomic mass is 10.1. The van der Waals surface area contributed by atoms with Gasteiger partial charge in [-0.05, 0) is 55.7 Å². The Morgan fingerprint density at radius 3 is 2.62 bits per heavy atom. The summed E-state index contributed by atoms with van der Waals surface area (Å²) in [7, 11) is 0. The van der Waals surface area contributed by atoms with E-state index in [1.165, 1.54) is 5.56 Å². The molecule has 1 saturated heterocycles. The van der Waals surface area contributed by atoms with Crippen molar-refractivity contribution in [2.75, 3.05) is 36.5 Å². The molecule has 6 heteroatoms. The third-order valence-corrected chi connectivity index (χ3v) is 5.66. The number of anilines is 2. The Kier molecular flexibility index (Phi) is 5.53. The Balaban J connectivity index is 1.59. The Morgan fingerprint density at radius 1 is 1.17 bits per heavy atom. The van der Waals surface area contributed by atoms with Gasteiger partial charge >= 0.3 is 0 Å². The van der Waals surface area contributed by atoms with E-state index in [2.05, 4.69) is 51.8 Å². The smallest absolute Gasteiger partial charge is 0.272 e. The molecule has 0 saturated carbocycles. The van der Waals surface area contributed by atoms with Crippen LogP contribution in [0.15, 0.2) is 36.5 Å². The second kappa shape index (κ2) is 8.25. The van der Waals surface area contributed by atoms with Crippen LogP contribution in [0, 0.1) is 6.92 Å². The molecule has 1 fully saturated rings. The average Bonchev–Trinajstić information content (AvgIpc) is 3.06. The zero-order valence-corrected chi connectivity index (χ0v) is 17.4. The molecule has 0 bridgehead atoms. The summed E-state index contributed by atoms with van der Waals surface area (Å²) in [5.41, 5.74) is 4.82. The van der Waals surface area contributed by atoms with Gasteiger partial charge in [-0.15, -0.1) is 0 Å². The SMILES string of the molecule is CCc1ccc2c(c1)c(C)c(C(=O)Nc1ccc(N3CCOCC3)nc1)n2CC. The number of benzene rings is 1. The van der Waals surface area contributed by atoms with Crippen molar-refractivity contribution < 1.29 is 9.53 Å². The van der Waals surface area contributed by atoms with Crippen molar-refractivity contribution in [1.82, 2.24) is 9.55 Å². The molecule has 4 rings (SSSR count). The third-order valence-electron chi connectivity index (χ3n) is 5.66. The highest BCUT2D eigenvalue weighted by molar-refractivity contribution is 6.08. The summed E-state index contributed by atoms with van der Waals surface area (Å²) in [4.78, 5) is 19.9. The van der Waals surface area contributed by atoms with Gasteiger partial charge in [0.25, 0.3) is 5.91 Å². The molecule has 1 aliphatic rings. The Hall–Kier alpha value is -2.86. The van der Waals surface area contributed by atoms with Crippen LogP contribution in [0.25, 0.3) is 10.9 Å². The first kappa shape index (κ1) is 19.5. The fraction of sp³-hybridized carbons (Fsp3) is 0.391. The summed E-state index contributed by atoms with van der Waals surface area (Å²) in [5.74, 6) is 0.816. The van der Waals surface area contributed by atoms with Crippen LogP contribution in [0.2, 0.25) is 0 Å². The molecule has 3 aromatic rings. The van der Waals surface area contributed by atoms with Gasteiger partial charge in [-0.25, -0.2) is 4.98 Å². The number of ether oxygens (including phenoxy) is 1. The van der Waals surface area contributed by atoms with Crippen molar-refractivity contribution in [3.63, 3.8) is 0 Å². The van der Waals surface area contributed by atoms with Crippen LogP contribution >= 0.6 is 0 Å². The summed E-state index contributed by atoms with van der Waals surface area (Å²) >= 11 is 0. The van der Waals surface area contributed by atoms with Crippen molar-refractivity contribution in [2.45, 2.75) is 33.7 Å². The molecule has 0 spiro atoms. The van der Waals surface area contributed by atoms with Crippen LogP contribution in [0.4, 0.5) is 11.5 Å². The minimum Gasteiger partial charge on any atom is -0.378 e. The first-order valence-corrected chi connectivity index (χ1v) is 10.3. The quantitative estimate of drug-likeness (QED) is 0.713. The highest BCUT2D eigenvalue weighted by Crippen LogP contribution is 2.28. The predicted molar refractivity (Wildman–Crippen MR) is 117 cm³/mol. The number of nitrogens with one attached hydrogen (secondary N) is 1. The van der Waals surface area contributed by atoms with E-state index in [1.54, 1.807) is 6.20 Å². The third kappa shape index (κ3) is 3.72. The van der Waals surface area contributed by atoms with Crippen LogP contribution in [0.1, 0.15) is 35.5 Å². The zero-order chi connectivity index (χ0) is 20.4. The lowest BCUT2D eigenvalue weighted by Gasteiger charge is -2.27. The Morgan fingerprint density at radius 2 is 1.97 bits per heavy atom. The number of carbonyl (C=O) groups is 1. The van der Waals surface area contributed by atoms with Crippen LogP contribution < -0.4 is 10.2 Å². The summed E-state index contributed by atoms with van der Waals surface area (Å²) in [5, 5.41) is 4.18. The maximum Gasteiger partial charge on any atom is 0.272 e. The molecule has 1 N–H and O–H groups in total. The first-order chi connectivity index (χ1) is 14.1. The van der Waals surface area contributed by atoms with Gasteiger partial charge in [0.05, 0.1) is 25.1 Å². The van der Waals surface area contributed by atoms with E-state index in [9.17, 15) is 4.79 Å². The molecule has 1 aromatic carbocycles. The predicted octanol–water partition coefficient (Wildman–Crippen LogP) is 4.02. The van der Waals surface area contributed by atoms with Crippen molar-refractivity contribution in [3.8, 4) is 0 Å². The zero-order valence-electron chi connectivity index (χ0n) is 17.4. The van der Waals surface area contributed by atoms with Crippen LogP contribution in [0.3, 0.4) is 0 Å². The van der Waals surface area contributed by atoms with Gasteiger partial charge in [-0.3, -0.25) is 4.79 Å². The van der Waals surface area contributed by atoms with Gasteiger partial charge < -0.3 is 19.5 Å². The summed E-state index contributed by atoms with van der Waals surface area (Å²) in [6.07, 6.45) is 2.71. The number of morpholine rings is 1. The van der Waals surface area contributed by atoms with E-state index in [4.69, 9.17) is 4.74 Å². The van der Waals surface area contributed by atoms with Crippen molar-refractivity contribution in [3.05, 3.63) is 53.3 Å².